The second-order valence-electron chi connectivity index (χ2n) is 6.41. The number of para-hydroxylation sites is 2. The number of aryl methyl sites for hydroxylation is 1. The molecule has 26 heavy (non-hydrogen) atoms. The minimum Gasteiger partial charge on any atom is -0.492 e. The normalized spacial score (nSPS) is 16.3. The van der Waals surface area contributed by atoms with Crippen molar-refractivity contribution in [3.05, 3.63) is 36.1 Å². The lowest BCUT2D eigenvalue weighted by Gasteiger charge is -2.38. The summed E-state index contributed by atoms with van der Waals surface area (Å²) in [5.74, 6) is 1.98. The molecular weight excluding hydrogens is 332 g/mol. The first-order chi connectivity index (χ1) is 12.6. The van der Waals surface area contributed by atoms with E-state index in [4.69, 9.17) is 9.26 Å². The van der Waals surface area contributed by atoms with E-state index in [2.05, 4.69) is 26.3 Å². The van der Waals surface area contributed by atoms with E-state index in [1.807, 2.05) is 32.0 Å². The molecule has 0 radical (unpaired) electrons. The first kappa shape index (κ1) is 18.3. The van der Waals surface area contributed by atoms with Gasteiger partial charge in [-0.1, -0.05) is 17.3 Å². The number of hydrogen-bond acceptors (Lipinski definition) is 6. The summed E-state index contributed by atoms with van der Waals surface area (Å²) >= 11 is 0. The molecule has 0 bridgehead atoms. The standard InChI is InChI=1S/C19H26N4O3/c1-4-25-17-8-6-5-7-16(17)23-11-9-22(10-12-23)15(3)19(24)20-18-13-14(2)26-21-18/h5-8,13,15H,4,9-12H2,1-3H3,(H,20,21,24). The Hall–Kier alpha value is -2.54. The maximum atomic E-state index is 12.4. The van der Waals surface area contributed by atoms with E-state index < -0.39 is 0 Å². The van der Waals surface area contributed by atoms with Gasteiger partial charge in [0.2, 0.25) is 5.91 Å². The van der Waals surface area contributed by atoms with Gasteiger partial charge >= 0.3 is 0 Å². The van der Waals surface area contributed by atoms with E-state index in [9.17, 15) is 4.79 Å². The van der Waals surface area contributed by atoms with Crippen molar-refractivity contribution < 1.29 is 14.1 Å². The molecular formula is C19H26N4O3. The van der Waals surface area contributed by atoms with Crippen LogP contribution in [0.4, 0.5) is 11.5 Å². The van der Waals surface area contributed by atoms with Crippen LogP contribution in [0.2, 0.25) is 0 Å². The molecule has 1 aliphatic rings. The van der Waals surface area contributed by atoms with E-state index in [-0.39, 0.29) is 11.9 Å². The highest BCUT2D eigenvalue weighted by Gasteiger charge is 2.27. The Bertz CT molecular complexity index is 738. The molecule has 1 aliphatic heterocycles. The minimum atomic E-state index is -0.226. The van der Waals surface area contributed by atoms with Gasteiger partial charge < -0.3 is 19.5 Å². The van der Waals surface area contributed by atoms with Crippen LogP contribution in [0.15, 0.2) is 34.9 Å². The molecule has 1 N–H and O–H groups in total. The number of carbonyl (C=O) groups is 1. The van der Waals surface area contributed by atoms with Crippen molar-refractivity contribution in [2.75, 3.05) is 43.0 Å². The van der Waals surface area contributed by atoms with Gasteiger partial charge in [-0.2, -0.15) is 0 Å². The van der Waals surface area contributed by atoms with Crippen LogP contribution in [0.25, 0.3) is 0 Å². The quantitative estimate of drug-likeness (QED) is 0.856. The molecule has 140 valence electrons. The van der Waals surface area contributed by atoms with Gasteiger partial charge in [-0.25, -0.2) is 0 Å². The fraction of sp³-hybridized carbons (Fsp3) is 0.474. The monoisotopic (exact) mass is 358 g/mol. The summed E-state index contributed by atoms with van der Waals surface area (Å²) < 4.78 is 10.7. The van der Waals surface area contributed by atoms with Crippen molar-refractivity contribution in [1.29, 1.82) is 0 Å². The molecule has 1 unspecified atom stereocenters. The summed E-state index contributed by atoms with van der Waals surface area (Å²) in [4.78, 5) is 16.9. The van der Waals surface area contributed by atoms with Crippen molar-refractivity contribution in [3.63, 3.8) is 0 Å². The van der Waals surface area contributed by atoms with Crippen LogP contribution in [-0.2, 0) is 4.79 Å². The molecule has 7 nitrogen and oxygen atoms in total. The van der Waals surface area contributed by atoms with Crippen LogP contribution in [0.5, 0.6) is 5.75 Å². The minimum absolute atomic E-state index is 0.0681. The van der Waals surface area contributed by atoms with E-state index in [0.29, 0.717) is 18.2 Å². The summed E-state index contributed by atoms with van der Waals surface area (Å²) in [5, 5.41) is 6.62. The van der Waals surface area contributed by atoms with E-state index in [1.165, 1.54) is 0 Å². The zero-order valence-electron chi connectivity index (χ0n) is 15.6. The SMILES string of the molecule is CCOc1ccccc1N1CCN(C(C)C(=O)Nc2cc(C)on2)CC1. The van der Waals surface area contributed by atoms with Crippen LogP contribution in [0.3, 0.4) is 0 Å². The fourth-order valence-electron chi connectivity index (χ4n) is 3.17. The number of aromatic nitrogens is 1. The molecule has 1 amide bonds. The lowest BCUT2D eigenvalue weighted by molar-refractivity contribution is -0.120. The van der Waals surface area contributed by atoms with Crippen molar-refractivity contribution in [3.8, 4) is 5.75 Å². The zero-order valence-corrected chi connectivity index (χ0v) is 15.6. The average molecular weight is 358 g/mol. The number of amides is 1. The molecule has 7 heteroatoms. The highest BCUT2D eigenvalue weighted by atomic mass is 16.5. The number of benzene rings is 1. The molecule has 0 spiro atoms. The lowest BCUT2D eigenvalue weighted by Crippen LogP contribution is -2.52. The second-order valence-corrected chi connectivity index (χ2v) is 6.41. The third-order valence-electron chi connectivity index (χ3n) is 4.63. The third kappa shape index (κ3) is 4.16. The predicted molar refractivity (Wildman–Crippen MR) is 101 cm³/mol. The van der Waals surface area contributed by atoms with Crippen molar-refractivity contribution >= 4 is 17.4 Å². The van der Waals surface area contributed by atoms with E-state index >= 15 is 0 Å². The van der Waals surface area contributed by atoms with Gasteiger partial charge in [0.25, 0.3) is 0 Å². The van der Waals surface area contributed by atoms with Gasteiger partial charge in [0.05, 0.1) is 18.3 Å². The van der Waals surface area contributed by atoms with Gasteiger partial charge in [-0.05, 0) is 32.9 Å². The summed E-state index contributed by atoms with van der Waals surface area (Å²) in [7, 11) is 0. The molecule has 2 heterocycles. The highest BCUT2D eigenvalue weighted by Crippen LogP contribution is 2.29. The largest absolute Gasteiger partial charge is 0.492 e. The predicted octanol–water partition coefficient (Wildman–Crippen LogP) is 2.53. The molecule has 1 fully saturated rings. The Morgan fingerprint density at radius 3 is 2.69 bits per heavy atom. The lowest BCUT2D eigenvalue weighted by atomic mass is 10.2. The molecule has 1 saturated heterocycles. The van der Waals surface area contributed by atoms with Gasteiger partial charge in [0, 0.05) is 32.2 Å². The van der Waals surface area contributed by atoms with Crippen molar-refractivity contribution in [2.45, 2.75) is 26.8 Å². The van der Waals surface area contributed by atoms with E-state index in [0.717, 1.165) is 37.6 Å². The Balaban J connectivity index is 1.57. The summed E-state index contributed by atoms with van der Waals surface area (Å²) in [6.07, 6.45) is 0. The number of ether oxygens (including phenoxy) is 1. The highest BCUT2D eigenvalue weighted by molar-refractivity contribution is 5.93. The third-order valence-corrected chi connectivity index (χ3v) is 4.63. The Labute approximate surface area is 153 Å². The number of nitrogens with zero attached hydrogens (tertiary/aromatic N) is 3. The van der Waals surface area contributed by atoms with Crippen LogP contribution >= 0.6 is 0 Å². The van der Waals surface area contributed by atoms with E-state index in [1.54, 1.807) is 13.0 Å². The number of hydrogen-bond donors (Lipinski definition) is 1. The van der Waals surface area contributed by atoms with Crippen LogP contribution < -0.4 is 15.0 Å². The van der Waals surface area contributed by atoms with Crippen molar-refractivity contribution in [2.24, 2.45) is 0 Å². The van der Waals surface area contributed by atoms with Gasteiger partial charge in [-0.3, -0.25) is 9.69 Å². The summed E-state index contributed by atoms with van der Waals surface area (Å²) in [6.45, 7) is 9.69. The number of rotatable bonds is 6. The van der Waals surface area contributed by atoms with Crippen LogP contribution in [0.1, 0.15) is 19.6 Å². The average Bonchev–Trinajstić information content (AvgIpc) is 3.07. The Morgan fingerprint density at radius 1 is 1.31 bits per heavy atom. The molecule has 1 atom stereocenters. The van der Waals surface area contributed by atoms with Gasteiger partial charge in [-0.15, -0.1) is 0 Å². The Kier molecular flexibility index (Phi) is 5.78. The summed E-state index contributed by atoms with van der Waals surface area (Å²) in [6, 6.07) is 9.59. The van der Waals surface area contributed by atoms with Gasteiger partial charge in [0.15, 0.2) is 5.82 Å². The number of carbonyl (C=O) groups excluding carboxylic acids is 1. The first-order valence-electron chi connectivity index (χ1n) is 9.03. The number of anilines is 2. The summed E-state index contributed by atoms with van der Waals surface area (Å²) in [5.41, 5.74) is 1.11. The van der Waals surface area contributed by atoms with Gasteiger partial charge in [0.1, 0.15) is 11.5 Å². The van der Waals surface area contributed by atoms with Crippen LogP contribution in [-0.4, -0.2) is 54.8 Å². The first-order valence-corrected chi connectivity index (χ1v) is 9.03. The molecule has 0 saturated carbocycles. The molecule has 1 aromatic heterocycles. The second kappa shape index (κ2) is 8.23. The molecule has 3 rings (SSSR count). The van der Waals surface area contributed by atoms with Crippen molar-refractivity contribution in [1.82, 2.24) is 10.1 Å². The Morgan fingerprint density at radius 2 is 2.04 bits per heavy atom. The fourth-order valence-corrected chi connectivity index (χ4v) is 3.17. The number of piperazine rings is 1. The zero-order chi connectivity index (χ0) is 18.5. The topological polar surface area (TPSA) is 70.8 Å². The maximum Gasteiger partial charge on any atom is 0.242 e. The smallest absolute Gasteiger partial charge is 0.242 e. The number of nitrogens with one attached hydrogen (secondary N) is 1. The maximum absolute atomic E-state index is 12.4. The molecule has 1 aromatic carbocycles. The molecule has 0 aliphatic carbocycles. The van der Waals surface area contributed by atoms with Crippen LogP contribution in [0, 0.1) is 6.92 Å². The molecule has 2 aromatic rings.